The molecule has 8 nitrogen and oxygen atoms in total. The van der Waals surface area contributed by atoms with Crippen molar-refractivity contribution in [1.82, 2.24) is 9.55 Å². The van der Waals surface area contributed by atoms with E-state index in [-0.39, 0.29) is 12.6 Å². The molecule has 0 aromatic carbocycles. The summed E-state index contributed by atoms with van der Waals surface area (Å²) < 4.78 is 17.3. The van der Waals surface area contributed by atoms with Crippen molar-refractivity contribution in [3.63, 3.8) is 0 Å². The molecule has 1 fully saturated rings. The minimum Gasteiger partial charge on any atom is -0.463 e. The second-order valence-corrected chi connectivity index (χ2v) is 4.40. The van der Waals surface area contributed by atoms with Gasteiger partial charge in [-0.1, -0.05) is 0 Å². The Morgan fingerprint density at radius 3 is 3.16 bits per heavy atom. The molecule has 1 aromatic rings. The Balaban J connectivity index is 1.79. The molecular formula is C11H12N2O6. The van der Waals surface area contributed by atoms with Gasteiger partial charge in [0.1, 0.15) is 18.8 Å². The van der Waals surface area contributed by atoms with Crippen LogP contribution >= 0.6 is 0 Å². The van der Waals surface area contributed by atoms with Crippen molar-refractivity contribution in [2.24, 2.45) is 0 Å². The maximum Gasteiger partial charge on any atom is 0.302 e. The van der Waals surface area contributed by atoms with Gasteiger partial charge in [0.25, 0.3) is 5.56 Å². The molecule has 1 N–H and O–H groups in total. The Hall–Kier alpha value is -1.93. The van der Waals surface area contributed by atoms with Crippen LogP contribution in [0.2, 0.25) is 0 Å². The lowest BCUT2D eigenvalue weighted by molar-refractivity contribution is -0.147. The molecule has 8 heteroatoms. The van der Waals surface area contributed by atoms with E-state index in [1.165, 1.54) is 23.8 Å². The van der Waals surface area contributed by atoms with E-state index in [1.807, 2.05) is 0 Å². The molecule has 0 aliphatic carbocycles. The number of fused-ring (bicyclic) bond motifs is 3. The number of carbonyl (C=O) groups excluding carboxylic acids is 1. The molecule has 0 amide bonds. The molecule has 2 aliphatic heterocycles. The summed E-state index contributed by atoms with van der Waals surface area (Å²) >= 11 is 0. The fraction of sp³-hybridized carbons (Fsp3) is 0.545. The third-order valence-electron chi connectivity index (χ3n) is 3.08. The molecule has 0 bridgehead atoms. The van der Waals surface area contributed by atoms with Gasteiger partial charge >= 0.3 is 12.0 Å². The summed E-state index contributed by atoms with van der Waals surface area (Å²) in [6, 6.07) is 1.40. The molecule has 0 unspecified atom stereocenters. The van der Waals surface area contributed by atoms with E-state index in [1.54, 1.807) is 0 Å². The predicted octanol–water partition coefficient (Wildman–Crippen LogP) is -1.17. The maximum absolute atomic E-state index is 11.1. The third kappa shape index (κ3) is 1.98. The van der Waals surface area contributed by atoms with E-state index in [4.69, 9.17) is 14.2 Å². The number of nitrogens with zero attached hydrogens (tertiary/aromatic N) is 2. The van der Waals surface area contributed by atoms with Crippen molar-refractivity contribution in [3.8, 4) is 6.01 Å². The van der Waals surface area contributed by atoms with Gasteiger partial charge in [-0.3, -0.25) is 14.2 Å². The summed E-state index contributed by atoms with van der Waals surface area (Å²) in [5, 5.41) is 10.1. The number of aromatic nitrogens is 2. The number of carbonyl (C=O) groups is 1. The molecule has 102 valence electrons. The Morgan fingerprint density at radius 1 is 1.63 bits per heavy atom. The predicted molar refractivity (Wildman–Crippen MR) is 59.5 cm³/mol. The van der Waals surface area contributed by atoms with E-state index >= 15 is 0 Å². The van der Waals surface area contributed by atoms with Gasteiger partial charge in [-0.05, 0) is 0 Å². The van der Waals surface area contributed by atoms with Crippen LogP contribution in [0.25, 0.3) is 0 Å². The van der Waals surface area contributed by atoms with Crippen LogP contribution in [-0.4, -0.2) is 45.5 Å². The third-order valence-corrected chi connectivity index (χ3v) is 3.08. The number of hydrogen-bond donors (Lipinski definition) is 1. The summed E-state index contributed by atoms with van der Waals surface area (Å²) in [7, 11) is 0. The van der Waals surface area contributed by atoms with Gasteiger partial charge in [0.2, 0.25) is 0 Å². The molecule has 2 aliphatic rings. The highest BCUT2D eigenvalue weighted by molar-refractivity contribution is 5.65. The number of aliphatic hydroxyl groups excluding tert-OH is 1. The molecule has 19 heavy (non-hydrogen) atoms. The van der Waals surface area contributed by atoms with Crippen molar-refractivity contribution >= 4 is 5.97 Å². The zero-order chi connectivity index (χ0) is 13.6. The number of ether oxygens (including phenoxy) is 3. The zero-order valence-corrected chi connectivity index (χ0v) is 10.1. The van der Waals surface area contributed by atoms with Crippen molar-refractivity contribution in [2.45, 2.75) is 31.5 Å². The number of rotatable bonds is 2. The lowest BCUT2D eigenvalue weighted by atomic mass is 10.1. The van der Waals surface area contributed by atoms with Crippen molar-refractivity contribution in [2.75, 3.05) is 6.61 Å². The molecule has 1 aromatic heterocycles. The summed E-state index contributed by atoms with van der Waals surface area (Å²) in [4.78, 5) is 25.5. The lowest BCUT2D eigenvalue weighted by Gasteiger charge is -2.16. The molecule has 3 heterocycles. The van der Waals surface area contributed by atoms with Crippen LogP contribution in [-0.2, 0) is 14.3 Å². The SMILES string of the molecule is CC(=O)OC[C@H]1O[C@@H]2[C@@H](Oc3nc(=O)ccn32)[C@@H]1O. The van der Waals surface area contributed by atoms with E-state index in [9.17, 15) is 14.7 Å². The fourth-order valence-electron chi connectivity index (χ4n) is 2.21. The van der Waals surface area contributed by atoms with Crippen molar-refractivity contribution in [3.05, 3.63) is 22.6 Å². The van der Waals surface area contributed by atoms with Crippen LogP contribution in [0.3, 0.4) is 0 Å². The number of hydrogen-bond acceptors (Lipinski definition) is 7. The molecule has 0 saturated carbocycles. The molecular weight excluding hydrogens is 256 g/mol. The first-order valence-corrected chi connectivity index (χ1v) is 5.79. The van der Waals surface area contributed by atoms with Gasteiger partial charge in [-0.2, -0.15) is 4.98 Å². The van der Waals surface area contributed by atoms with Gasteiger partial charge < -0.3 is 19.3 Å². The van der Waals surface area contributed by atoms with Crippen molar-refractivity contribution in [1.29, 1.82) is 0 Å². The van der Waals surface area contributed by atoms with Crippen LogP contribution in [0.15, 0.2) is 17.1 Å². The summed E-state index contributed by atoms with van der Waals surface area (Å²) in [5.41, 5.74) is -0.419. The second-order valence-electron chi connectivity index (χ2n) is 4.40. The minimum atomic E-state index is -0.957. The van der Waals surface area contributed by atoms with Gasteiger partial charge in [-0.15, -0.1) is 0 Å². The standard InChI is InChI=1S/C11H12N2O6/c1-5(14)17-4-6-8(16)9-10(18-6)13-3-2-7(15)12-11(13)19-9/h2-3,6,8-10,16H,4H2,1H3/t6-,8-,9+,10-/m1/s1. The van der Waals surface area contributed by atoms with Crippen LogP contribution < -0.4 is 10.3 Å². The van der Waals surface area contributed by atoms with Gasteiger partial charge in [-0.25, -0.2) is 0 Å². The van der Waals surface area contributed by atoms with Crippen LogP contribution in [0.5, 0.6) is 6.01 Å². The van der Waals surface area contributed by atoms with E-state index < -0.39 is 36.1 Å². The number of esters is 1. The van der Waals surface area contributed by atoms with Crippen LogP contribution in [0, 0.1) is 0 Å². The van der Waals surface area contributed by atoms with E-state index in [0.717, 1.165) is 0 Å². The zero-order valence-electron chi connectivity index (χ0n) is 10.1. The largest absolute Gasteiger partial charge is 0.463 e. The quantitative estimate of drug-likeness (QED) is 0.674. The monoisotopic (exact) mass is 268 g/mol. The van der Waals surface area contributed by atoms with Crippen LogP contribution in [0.1, 0.15) is 13.2 Å². The Labute approximate surface area is 107 Å². The van der Waals surface area contributed by atoms with Gasteiger partial charge in [0.15, 0.2) is 12.3 Å². The van der Waals surface area contributed by atoms with E-state index in [2.05, 4.69) is 4.98 Å². The first-order valence-electron chi connectivity index (χ1n) is 5.79. The Bertz CT molecular complexity index is 571. The highest BCUT2D eigenvalue weighted by Gasteiger charge is 2.51. The number of aliphatic hydroxyl groups is 1. The second kappa shape index (κ2) is 4.32. The summed E-state index contributed by atoms with van der Waals surface area (Å²) in [6.45, 7) is 1.23. The fourth-order valence-corrected chi connectivity index (χ4v) is 2.21. The smallest absolute Gasteiger partial charge is 0.302 e. The average molecular weight is 268 g/mol. The first-order chi connectivity index (χ1) is 9.06. The first kappa shape index (κ1) is 12.1. The van der Waals surface area contributed by atoms with Gasteiger partial charge in [0.05, 0.1) is 0 Å². The normalized spacial score (nSPS) is 31.5. The van der Waals surface area contributed by atoms with E-state index in [0.29, 0.717) is 0 Å². The van der Waals surface area contributed by atoms with Gasteiger partial charge in [0, 0.05) is 19.2 Å². The summed E-state index contributed by atoms with van der Waals surface area (Å²) in [6.07, 6.45) is -1.35. The molecule has 0 spiro atoms. The molecule has 4 atom stereocenters. The Morgan fingerprint density at radius 2 is 2.42 bits per heavy atom. The Kier molecular flexibility index (Phi) is 2.76. The van der Waals surface area contributed by atoms with Crippen LogP contribution in [0.4, 0.5) is 0 Å². The highest BCUT2D eigenvalue weighted by Crippen LogP contribution is 2.38. The minimum absolute atomic E-state index is 0.0458. The maximum atomic E-state index is 11.1. The molecule has 0 radical (unpaired) electrons. The lowest BCUT2D eigenvalue weighted by Crippen LogP contribution is -2.36. The summed E-state index contributed by atoms with van der Waals surface area (Å²) in [5.74, 6) is -0.445. The average Bonchev–Trinajstić information content (AvgIpc) is 2.84. The molecule has 3 rings (SSSR count). The topological polar surface area (TPSA) is 99.9 Å². The van der Waals surface area contributed by atoms with Crippen molar-refractivity contribution < 1.29 is 24.1 Å². The molecule has 1 saturated heterocycles. The highest BCUT2D eigenvalue weighted by atomic mass is 16.6.